The van der Waals surface area contributed by atoms with Crippen LogP contribution in [0.4, 0.5) is 0 Å². The zero-order chi connectivity index (χ0) is 7.72. The fourth-order valence-corrected chi connectivity index (χ4v) is 0.885. The van der Waals surface area contributed by atoms with Crippen LogP contribution in [0.3, 0.4) is 0 Å². The molecule has 0 radical (unpaired) electrons. The first-order valence-electron chi connectivity index (χ1n) is 2.22. The van der Waals surface area contributed by atoms with Gasteiger partial charge >= 0.3 is 5.69 Å². The highest BCUT2D eigenvalue weighted by Gasteiger charge is 2.02. The predicted octanol–water partition coefficient (Wildman–Crippen LogP) is -1.48. The number of H-pyrrole nitrogens is 1. The average molecular weight is 163 g/mol. The third-order valence-corrected chi connectivity index (χ3v) is 1.52. The Hall–Kier alpha value is -1.08. The fourth-order valence-electron chi connectivity index (χ4n) is 0.492. The van der Waals surface area contributed by atoms with Gasteiger partial charge in [-0.1, -0.05) is 0 Å². The molecule has 2 N–H and O–H groups in total. The van der Waals surface area contributed by atoms with Gasteiger partial charge in [0.25, 0.3) is 0 Å². The van der Waals surface area contributed by atoms with Gasteiger partial charge in [-0.2, -0.15) is 3.97 Å². The normalized spacial score (nSPS) is 13.3. The van der Waals surface area contributed by atoms with E-state index in [1.54, 1.807) is 0 Å². The van der Waals surface area contributed by atoms with Gasteiger partial charge in [0.05, 0.1) is 17.5 Å². The van der Waals surface area contributed by atoms with E-state index in [2.05, 4.69) is 0 Å². The van der Waals surface area contributed by atoms with Gasteiger partial charge in [-0.3, -0.25) is 4.21 Å². The number of imidazole rings is 1. The number of rotatable bonds is 1. The van der Waals surface area contributed by atoms with E-state index in [9.17, 15) is 13.6 Å². The van der Waals surface area contributed by atoms with E-state index in [1.165, 1.54) is 0 Å². The maximum Gasteiger partial charge on any atom is 0.339 e. The first-order valence-corrected chi connectivity index (χ1v) is 3.25. The molecule has 0 aliphatic carbocycles. The molecule has 0 aliphatic rings. The molecule has 0 aliphatic heterocycles. The first-order chi connectivity index (χ1) is 4.63. The standard InChI is InChI=1S/C3H4N2O4S/c6-2-1-4-3(7)5(2)10(8)9/h1,6H,(H,4,7)(H,8,9)/p-1. The Kier molecular flexibility index (Phi) is 1.60. The predicted molar refractivity (Wildman–Crippen MR) is 31.0 cm³/mol. The zero-order valence-electron chi connectivity index (χ0n) is 4.60. The summed E-state index contributed by atoms with van der Waals surface area (Å²) < 4.78 is 20.4. The van der Waals surface area contributed by atoms with Crippen molar-refractivity contribution < 1.29 is 13.9 Å². The van der Waals surface area contributed by atoms with Gasteiger partial charge < -0.3 is 14.6 Å². The quantitative estimate of drug-likeness (QED) is 0.493. The Labute approximate surface area is 57.5 Å². The van der Waals surface area contributed by atoms with Crippen LogP contribution in [0.1, 0.15) is 0 Å². The molecule has 7 heteroatoms. The summed E-state index contributed by atoms with van der Waals surface area (Å²) in [4.78, 5) is 12.4. The number of hydrogen-bond acceptors (Lipinski definition) is 4. The van der Waals surface area contributed by atoms with E-state index in [0.717, 1.165) is 6.20 Å². The second-order valence-electron chi connectivity index (χ2n) is 1.46. The second kappa shape index (κ2) is 2.27. The minimum atomic E-state index is -2.75. The van der Waals surface area contributed by atoms with Crippen molar-refractivity contribution in [1.82, 2.24) is 8.96 Å². The minimum absolute atomic E-state index is 0.194. The summed E-state index contributed by atoms with van der Waals surface area (Å²) in [5.74, 6) is -0.627. The van der Waals surface area contributed by atoms with Gasteiger partial charge in [-0.25, -0.2) is 4.79 Å². The van der Waals surface area contributed by atoms with Crippen LogP contribution in [0, 0.1) is 0 Å². The van der Waals surface area contributed by atoms with E-state index in [1.807, 2.05) is 4.98 Å². The molecule has 0 saturated heterocycles. The summed E-state index contributed by atoms with van der Waals surface area (Å²) >= 11 is -2.75. The lowest BCUT2D eigenvalue weighted by Gasteiger charge is -2.02. The van der Waals surface area contributed by atoms with Crippen molar-refractivity contribution in [3.05, 3.63) is 16.7 Å². The van der Waals surface area contributed by atoms with Crippen molar-refractivity contribution in [3.63, 3.8) is 0 Å². The molecule has 1 unspecified atom stereocenters. The summed E-state index contributed by atoms with van der Waals surface area (Å²) in [6.07, 6.45) is 0.887. The Morgan fingerprint density at radius 2 is 2.40 bits per heavy atom. The lowest BCUT2D eigenvalue weighted by atomic mass is 10.9. The van der Waals surface area contributed by atoms with Crippen molar-refractivity contribution in [3.8, 4) is 5.88 Å². The topological polar surface area (TPSA) is 98.2 Å². The molecule has 0 amide bonds. The minimum Gasteiger partial charge on any atom is -0.755 e. The molecule has 1 aromatic heterocycles. The SMILES string of the molecule is O=c1[nH]cc(O)n1S(=O)[O-]. The molecule has 0 aromatic carbocycles. The van der Waals surface area contributed by atoms with Crippen LogP contribution in [-0.4, -0.2) is 22.8 Å². The largest absolute Gasteiger partial charge is 0.755 e. The molecular formula is C3H3N2O4S-. The fraction of sp³-hybridized carbons (Fsp3) is 0. The van der Waals surface area contributed by atoms with E-state index < -0.39 is 22.8 Å². The van der Waals surface area contributed by atoms with Gasteiger partial charge in [-0.05, 0) is 0 Å². The van der Waals surface area contributed by atoms with Crippen molar-refractivity contribution >= 4 is 11.3 Å². The molecule has 1 heterocycles. The summed E-state index contributed by atoms with van der Waals surface area (Å²) in [7, 11) is 0. The molecule has 1 aromatic rings. The van der Waals surface area contributed by atoms with E-state index in [4.69, 9.17) is 5.11 Å². The van der Waals surface area contributed by atoms with Crippen molar-refractivity contribution in [2.45, 2.75) is 0 Å². The van der Waals surface area contributed by atoms with Crippen molar-refractivity contribution in [2.75, 3.05) is 0 Å². The zero-order valence-corrected chi connectivity index (χ0v) is 5.42. The molecule has 0 bridgehead atoms. The Morgan fingerprint density at radius 1 is 1.80 bits per heavy atom. The Bertz CT molecular complexity index is 313. The second-order valence-corrected chi connectivity index (χ2v) is 2.26. The molecule has 10 heavy (non-hydrogen) atoms. The van der Waals surface area contributed by atoms with Crippen LogP contribution in [-0.2, 0) is 11.3 Å². The van der Waals surface area contributed by atoms with Gasteiger partial charge in [0, 0.05) is 0 Å². The molecule has 6 nitrogen and oxygen atoms in total. The number of nitrogens with zero attached hydrogens (tertiary/aromatic N) is 1. The van der Waals surface area contributed by atoms with Crippen molar-refractivity contribution in [1.29, 1.82) is 0 Å². The number of aromatic amines is 1. The summed E-state index contributed by atoms with van der Waals surface area (Å²) in [6, 6.07) is 0. The molecule has 0 fully saturated rings. The van der Waals surface area contributed by atoms with Crippen LogP contribution in [0.15, 0.2) is 11.0 Å². The maximum atomic E-state index is 10.4. The monoisotopic (exact) mass is 163 g/mol. The maximum absolute atomic E-state index is 10.4. The average Bonchev–Trinajstić information content (AvgIpc) is 2.11. The van der Waals surface area contributed by atoms with Gasteiger partial charge in [0.15, 0.2) is 0 Å². The third-order valence-electron chi connectivity index (χ3n) is 0.866. The van der Waals surface area contributed by atoms with E-state index in [0.29, 0.717) is 0 Å². The van der Waals surface area contributed by atoms with Crippen LogP contribution in [0.2, 0.25) is 0 Å². The molecule has 56 valence electrons. The van der Waals surface area contributed by atoms with Gasteiger partial charge in [0.2, 0.25) is 5.88 Å². The lowest BCUT2D eigenvalue weighted by molar-refractivity contribution is 0.438. The number of hydrogen-bond donors (Lipinski definition) is 2. The lowest BCUT2D eigenvalue weighted by Crippen LogP contribution is -2.19. The van der Waals surface area contributed by atoms with Crippen LogP contribution >= 0.6 is 0 Å². The van der Waals surface area contributed by atoms with Crippen LogP contribution in [0.25, 0.3) is 0 Å². The summed E-state index contributed by atoms with van der Waals surface area (Å²) in [5, 5.41) is 8.64. The highest BCUT2D eigenvalue weighted by molar-refractivity contribution is 7.77. The molecular weight excluding hydrogens is 160 g/mol. The highest BCUT2D eigenvalue weighted by atomic mass is 32.2. The van der Waals surface area contributed by atoms with Crippen LogP contribution in [0.5, 0.6) is 5.88 Å². The van der Waals surface area contributed by atoms with Crippen molar-refractivity contribution in [2.24, 2.45) is 0 Å². The summed E-state index contributed by atoms with van der Waals surface area (Å²) in [6.45, 7) is 0. The number of nitrogens with one attached hydrogen (secondary N) is 1. The smallest absolute Gasteiger partial charge is 0.339 e. The Balaban J connectivity index is 3.37. The van der Waals surface area contributed by atoms with E-state index in [-0.39, 0.29) is 3.97 Å². The highest BCUT2D eigenvalue weighted by Crippen LogP contribution is 2.01. The number of aromatic hydroxyl groups is 1. The Morgan fingerprint density at radius 3 is 2.60 bits per heavy atom. The first kappa shape index (κ1) is 7.03. The summed E-state index contributed by atoms with van der Waals surface area (Å²) in [5.41, 5.74) is -0.883. The van der Waals surface area contributed by atoms with E-state index >= 15 is 0 Å². The molecule has 0 spiro atoms. The van der Waals surface area contributed by atoms with Crippen LogP contribution < -0.4 is 5.69 Å². The molecule has 1 rings (SSSR count). The third kappa shape index (κ3) is 0.957. The van der Waals surface area contributed by atoms with Gasteiger partial charge in [-0.15, -0.1) is 0 Å². The molecule has 0 saturated carbocycles. The van der Waals surface area contributed by atoms with Gasteiger partial charge in [0.1, 0.15) is 0 Å². The number of aromatic nitrogens is 2. The molecule has 1 atom stereocenters.